The molecule has 0 N–H and O–H groups in total. The van der Waals surface area contributed by atoms with Crippen molar-refractivity contribution in [3.05, 3.63) is 29.8 Å². The summed E-state index contributed by atoms with van der Waals surface area (Å²) >= 11 is 0. The SMILES string of the molecule is COC1(c2ccccc2O[Si](C)(C)C(C)(C)C)OOC12C1CC3CC(C1)CC2C3. The molecule has 5 aliphatic rings. The molecule has 1 spiro atoms. The van der Waals surface area contributed by atoms with Crippen LogP contribution in [0.2, 0.25) is 18.1 Å². The quantitative estimate of drug-likeness (QED) is 0.444. The van der Waals surface area contributed by atoms with Crippen LogP contribution in [0.1, 0.15) is 58.4 Å². The maximum atomic E-state index is 6.79. The van der Waals surface area contributed by atoms with Gasteiger partial charge in [-0.3, -0.25) is 0 Å². The monoisotopic (exact) mass is 416 g/mol. The second-order valence-electron chi connectivity index (χ2n) is 11.4. The standard InChI is InChI=1S/C24H36O4Si/c1-22(2,3)29(5,6)26-21-10-8-7-9-20(21)24(25-4)23(27-28-24)18-12-16-11-17(14-18)15-19(23)13-16/h7-10,16-19H,11-15H2,1-6H3. The molecule has 1 unspecified atom stereocenters. The molecule has 0 aromatic heterocycles. The van der Waals surface area contributed by atoms with Crippen LogP contribution in [0.3, 0.4) is 0 Å². The second-order valence-corrected chi connectivity index (χ2v) is 16.2. The highest BCUT2D eigenvalue weighted by Gasteiger charge is 2.77. The summed E-state index contributed by atoms with van der Waals surface area (Å²) in [4.78, 5) is 12.1. The molecule has 160 valence electrons. The molecular weight excluding hydrogens is 380 g/mol. The Morgan fingerprint density at radius 2 is 1.52 bits per heavy atom. The van der Waals surface area contributed by atoms with Crippen molar-refractivity contribution in [1.82, 2.24) is 0 Å². The van der Waals surface area contributed by atoms with Crippen LogP contribution in [0.4, 0.5) is 0 Å². The fraction of sp³-hybridized carbons (Fsp3) is 0.750. The molecule has 5 fully saturated rings. The third kappa shape index (κ3) is 2.60. The van der Waals surface area contributed by atoms with Crippen LogP contribution in [-0.2, 0) is 20.3 Å². The smallest absolute Gasteiger partial charge is 0.264 e. The molecule has 1 aliphatic heterocycles. The Hall–Kier alpha value is -0.883. The zero-order valence-electron chi connectivity index (χ0n) is 18.8. The molecule has 5 heteroatoms. The number of ether oxygens (including phenoxy) is 1. The molecule has 0 amide bonds. The van der Waals surface area contributed by atoms with Crippen molar-refractivity contribution in [3.8, 4) is 5.75 Å². The van der Waals surface area contributed by atoms with E-state index in [0.717, 1.165) is 23.1 Å². The number of benzene rings is 1. The first-order valence-corrected chi connectivity index (χ1v) is 14.2. The molecule has 1 aromatic rings. The summed E-state index contributed by atoms with van der Waals surface area (Å²) in [7, 11) is -0.226. The molecule has 4 bridgehead atoms. The van der Waals surface area contributed by atoms with Crippen LogP contribution < -0.4 is 4.43 Å². The van der Waals surface area contributed by atoms with E-state index in [0.29, 0.717) is 11.8 Å². The highest BCUT2D eigenvalue weighted by Crippen LogP contribution is 2.70. The van der Waals surface area contributed by atoms with Crippen molar-refractivity contribution in [3.63, 3.8) is 0 Å². The van der Waals surface area contributed by atoms with E-state index < -0.39 is 14.1 Å². The second kappa shape index (κ2) is 6.32. The van der Waals surface area contributed by atoms with Gasteiger partial charge in [0.25, 0.3) is 5.79 Å². The lowest BCUT2D eigenvalue weighted by atomic mass is 9.47. The molecule has 4 nitrogen and oxygen atoms in total. The fourth-order valence-corrected chi connectivity index (χ4v) is 7.62. The first kappa shape index (κ1) is 20.0. The van der Waals surface area contributed by atoms with Crippen molar-refractivity contribution < 1.29 is 18.9 Å². The zero-order valence-corrected chi connectivity index (χ0v) is 19.8. The van der Waals surface area contributed by atoms with Gasteiger partial charge in [-0.25, -0.2) is 4.89 Å². The van der Waals surface area contributed by atoms with E-state index >= 15 is 0 Å². The van der Waals surface area contributed by atoms with Crippen LogP contribution in [0, 0.1) is 23.7 Å². The van der Waals surface area contributed by atoms with E-state index in [1.807, 2.05) is 0 Å². The Balaban J connectivity index is 1.57. The Bertz CT molecular complexity index is 766. The number of hydrogen-bond donors (Lipinski definition) is 0. The number of rotatable bonds is 4. The lowest BCUT2D eigenvalue weighted by Crippen LogP contribution is -2.76. The van der Waals surface area contributed by atoms with Gasteiger partial charge in [-0.15, -0.1) is 0 Å². The molecule has 6 rings (SSSR count). The predicted octanol–water partition coefficient (Wildman–Crippen LogP) is 6.03. The summed E-state index contributed by atoms with van der Waals surface area (Å²) in [6, 6.07) is 8.34. The topological polar surface area (TPSA) is 36.9 Å². The first-order valence-electron chi connectivity index (χ1n) is 11.3. The Labute approximate surface area is 176 Å². The summed E-state index contributed by atoms with van der Waals surface area (Å²) in [5.41, 5.74) is 0.633. The number of methoxy groups -OCH3 is 1. The number of hydrogen-bond acceptors (Lipinski definition) is 4. The molecule has 1 saturated heterocycles. The molecule has 29 heavy (non-hydrogen) atoms. The average molecular weight is 417 g/mol. The summed E-state index contributed by atoms with van der Waals surface area (Å²) in [6.07, 6.45) is 6.38. The van der Waals surface area contributed by atoms with E-state index in [1.54, 1.807) is 7.11 Å². The molecule has 4 saturated carbocycles. The summed E-state index contributed by atoms with van der Waals surface area (Å²) in [6.45, 7) is 11.4. The van der Waals surface area contributed by atoms with E-state index in [-0.39, 0.29) is 10.6 Å². The highest BCUT2D eigenvalue weighted by molar-refractivity contribution is 6.74. The van der Waals surface area contributed by atoms with Crippen molar-refractivity contribution in [2.45, 2.75) is 82.4 Å². The summed E-state index contributed by atoms with van der Waals surface area (Å²) < 4.78 is 13.1. The van der Waals surface area contributed by atoms with Crippen molar-refractivity contribution in [2.75, 3.05) is 7.11 Å². The van der Waals surface area contributed by atoms with Gasteiger partial charge in [0.1, 0.15) is 5.75 Å². The molecule has 1 atom stereocenters. The van der Waals surface area contributed by atoms with Gasteiger partial charge in [0.05, 0.1) is 5.56 Å². The minimum Gasteiger partial charge on any atom is -0.543 e. The molecule has 1 aromatic carbocycles. The Kier molecular flexibility index (Phi) is 4.37. The maximum Gasteiger partial charge on any atom is 0.264 e. The third-order valence-electron chi connectivity index (χ3n) is 8.86. The fourth-order valence-electron chi connectivity index (χ4n) is 6.59. The van der Waals surface area contributed by atoms with Gasteiger partial charge in [0.15, 0.2) is 5.60 Å². The van der Waals surface area contributed by atoms with E-state index in [2.05, 4.69) is 58.1 Å². The first-order chi connectivity index (χ1) is 13.6. The summed E-state index contributed by atoms with van der Waals surface area (Å²) in [5, 5.41) is 0.123. The normalized spacial score (nSPS) is 40.9. The third-order valence-corrected chi connectivity index (χ3v) is 13.2. The van der Waals surface area contributed by atoms with Crippen molar-refractivity contribution in [2.24, 2.45) is 23.7 Å². The van der Waals surface area contributed by atoms with Gasteiger partial charge in [-0.05, 0) is 86.0 Å². The van der Waals surface area contributed by atoms with E-state index in [9.17, 15) is 0 Å². The summed E-state index contributed by atoms with van der Waals surface area (Å²) in [5.74, 6) is 2.77. The van der Waals surface area contributed by atoms with Crippen molar-refractivity contribution in [1.29, 1.82) is 0 Å². The number of para-hydroxylation sites is 1. The van der Waals surface area contributed by atoms with Gasteiger partial charge in [0, 0.05) is 7.11 Å². The van der Waals surface area contributed by atoms with Gasteiger partial charge in [-0.2, -0.15) is 4.89 Å². The lowest BCUT2D eigenvalue weighted by Gasteiger charge is -2.68. The van der Waals surface area contributed by atoms with Crippen LogP contribution in [0.15, 0.2) is 24.3 Å². The lowest BCUT2D eigenvalue weighted by molar-refractivity contribution is -0.645. The van der Waals surface area contributed by atoms with Crippen LogP contribution in [0.5, 0.6) is 5.75 Å². The van der Waals surface area contributed by atoms with E-state index in [4.69, 9.17) is 18.9 Å². The van der Waals surface area contributed by atoms with Gasteiger partial charge in [-0.1, -0.05) is 32.9 Å². The van der Waals surface area contributed by atoms with Gasteiger partial charge >= 0.3 is 0 Å². The van der Waals surface area contributed by atoms with Crippen molar-refractivity contribution >= 4 is 8.32 Å². The highest BCUT2D eigenvalue weighted by atomic mass is 28.4. The van der Waals surface area contributed by atoms with Gasteiger partial charge in [0.2, 0.25) is 8.32 Å². The predicted molar refractivity (Wildman–Crippen MR) is 115 cm³/mol. The Morgan fingerprint density at radius 1 is 0.931 bits per heavy atom. The minimum absolute atomic E-state index is 0.123. The molecule has 4 aliphatic carbocycles. The van der Waals surface area contributed by atoms with Gasteiger partial charge < -0.3 is 9.16 Å². The molecule has 0 radical (unpaired) electrons. The van der Waals surface area contributed by atoms with Crippen LogP contribution in [0.25, 0.3) is 0 Å². The Morgan fingerprint density at radius 3 is 2.00 bits per heavy atom. The van der Waals surface area contributed by atoms with E-state index in [1.165, 1.54) is 32.1 Å². The molecule has 1 heterocycles. The zero-order chi connectivity index (χ0) is 20.7. The minimum atomic E-state index is -2.00. The molecular formula is C24H36O4Si. The maximum absolute atomic E-state index is 6.79. The largest absolute Gasteiger partial charge is 0.543 e. The van der Waals surface area contributed by atoms with Crippen LogP contribution >= 0.6 is 0 Å². The average Bonchev–Trinajstić information content (AvgIpc) is 2.61. The van der Waals surface area contributed by atoms with Crippen LogP contribution in [-0.4, -0.2) is 21.0 Å².